The third kappa shape index (κ3) is 4.32. The lowest BCUT2D eigenvalue weighted by atomic mass is 9.93. The van der Waals surface area contributed by atoms with Crippen molar-refractivity contribution in [3.8, 4) is 0 Å². The Morgan fingerprint density at radius 2 is 2.05 bits per heavy atom. The predicted molar refractivity (Wildman–Crippen MR) is 80.5 cm³/mol. The molecule has 1 aliphatic heterocycles. The minimum absolute atomic E-state index is 0.176. The van der Waals surface area contributed by atoms with Crippen molar-refractivity contribution in [3.05, 3.63) is 12.2 Å². The van der Waals surface area contributed by atoms with Crippen molar-refractivity contribution < 1.29 is 9.53 Å². The Morgan fingerprint density at radius 3 is 2.65 bits per heavy atom. The number of carbonyl (C=O) groups is 1. The van der Waals surface area contributed by atoms with Gasteiger partial charge in [0.15, 0.2) is 0 Å². The first-order chi connectivity index (χ1) is 9.56. The molecule has 1 heterocycles. The summed E-state index contributed by atoms with van der Waals surface area (Å²) in [5.74, 6) is 0.394. The van der Waals surface area contributed by atoms with Gasteiger partial charge in [-0.15, -0.1) is 0 Å². The Bertz CT molecular complexity index is 346. The summed E-state index contributed by atoms with van der Waals surface area (Å²) in [6, 6.07) is 0.367. The number of hydrogen-bond donors (Lipinski definition) is 1. The molecule has 1 fully saturated rings. The fourth-order valence-electron chi connectivity index (χ4n) is 3.13. The number of morpholine rings is 1. The Morgan fingerprint density at radius 1 is 1.35 bits per heavy atom. The van der Waals surface area contributed by atoms with Crippen molar-refractivity contribution in [2.24, 2.45) is 5.92 Å². The molecule has 0 spiro atoms. The maximum absolute atomic E-state index is 12.1. The second-order valence-electron chi connectivity index (χ2n) is 6.29. The molecule has 4 atom stereocenters. The molecule has 1 amide bonds. The molecular formula is C16H28N2O2. The summed E-state index contributed by atoms with van der Waals surface area (Å²) in [6.07, 6.45) is 7.77. The highest BCUT2D eigenvalue weighted by atomic mass is 16.5. The van der Waals surface area contributed by atoms with Gasteiger partial charge in [-0.05, 0) is 40.0 Å². The molecule has 0 saturated carbocycles. The van der Waals surface area contributed by atoms with Crippen molar-refractivity contribution in [1.29, 1.82) is 0 Å². The number of allylic oxidation sites excluding steroid dienone is 2. The predicted octanol–water partition coefficient (Wildman–Crippen LogP) is 1.96. The van der Waals surface area contributed by atoms with Gasteiger partial charge in [0.1, 0.15) is 0 Å². The standard InChI is InChI=1S/C16H28N2O2/c1-12(18-10-13(2)20-14(3)11-18)9-17-16(19)15-7-5-4-6-8-15/h4-5,12-15H,6-11H2,1-3H3,(H,17,19)/t12-,13-,14+,15+/m1/s1. The van der Waals surface area contributed by atoms with E-state index in [2.05, 4.69) is 43.1 Å². The van der Waals surface area contributed by atoms with E-state index in [0.29, 0.717) is 6.04 Å². The van der Waals surface area contributed by atoms with Gasteiger partial charge in [-0.25, -0.2) is 0 Å². The molecule has 0 unspecified atom stereocenters. The normalized spacial score (nSPS) is 32.9. The highest BCUT2D eigenvalue weighted by molar-refractivity contribution is 5.79. The number of amides is 1. The smallest absolute Gasteiger partial charge is 0.223 e. The summed E-state index contributed by atoms with van der Waals surface area (Å²) in [6.45, 7) is 9.05. The highest BCUT2D eigenvalue weighted by Gasteiger charge is 2.26. The lowest BCUT2D eigenvalue weighted by Crippen LogP contribution is -2.52. The second-order valence-corrected chi connectivity index (χ2v) is 6.29. The maximum atomic E-state index is 12.1. The average Bonchev–Trinajstić information content (AvgIpc) is 2.44. The van der Waals surface area contributed by atoms with Gasteiger partial charge in [0.05, 0.1) is 12.2 Å². The van der Waals surface area contributed by atoms with Crippen LogP contribution in [0.25, 0.3) is 0 Å². The van der Waals surface area contributed by atoms with Gasteiger partial charge in [-0.1, -0.05) is 12.2 Å². The van der Waals surface area contributed by atoms with Gasteiger partial charge >= 0.3 is 0 Å². The van der Waals surface area contributed by atoms with E-state index in [1.807, 2.05) is 0 Å². The summed E-state index contributed by atoms with van der Waals surface area (Å²) in [5.41, 5.74) is 0. The molecule has 1 saturated heterocycles. The summed E-state index contributed by atoms with van der Waals surface area (Å²) in [5, 5.41) is 3.12. The van der Waals surface area contributed by atoms with Crippen molar-refractivity contribution in [2.75, 3.05) is 19.6 Å². The first-order valence-corrected chi connectivity index (χ1v) is 7.88. The average molecular weight is 280 g/mol. The zero-order valence-corrected chi connectivity index (χ0v) is 13.0. The summed E-state index contributed by atoms with van der Waals surface area (Å²) >= 11 is 0. The Hall–Kier alpha value is -0.870. The summed E-state index contributed by atoms with van der Waals surface area (Å²) in [4.78, 5) is 14.5. The van der Waals surface area contributed by atoms with Crippen LogP contribution >= 0.6 is 0 Å². The lowest BCUT2D eigenvalue weighted by molar-refractivity contribution is -0.125. The van der Waals surface area contributed by atoms with E-state index in [0.717, 1.165) is 38.9 Å². The molecule has 2 rings (SSSR count). The van der Waals surface area contributed by atoms with Crippen LogP contribution < -0.4 is 5.32 Å². The van der Waals surface area contributed by atoms with Gasteiger partial charge in [-0.3, -0.25) is 9.69 Å². The largest absolute Gasteiger partial charge is 0.373 e. The molecule has 1 N–H and O–H groups in total. The Kier molecular flexibility index (Phi) is 5.61. The quantitative estimate of drug-likeness (QED) is 0.800. The zero-order chi connectivity index (χ0) is 14.5. The molecule has 0 aromatic heterocycles. The monoisotopic (exact) mass is 280 g/mol. The number of ether oxygens (including phenoxy) is 1. The number of nitrogens with one attached hydrogen (secondary N) is 1. The lowest BCUT2D eigenvalue weighted by Gasteiger charge is -2.39. The van der Waals surface area contributed by atoms with E-state index in [1.165, 1.54) is 0 Å². The molecule has 4 nitrogen and oxygen atoms in total. The Labute approximate surface area is 122 Å². The van der Waals surface area contributed by atoms with Crippen molar-refractivity contribution in [3.63, 3.8) is 0 Å². The number of rotatable bonds is 4. The van der Waals surface area contributed by atoms with E-state index in [4.69, 9.17) is 4.74 Å². The van der Waals surface area contributed by atoms with E-state index in [-0.39, 0.29) is 24.0 Å². The van der Waals surface area contributed by atoms with Crippen LogP contribution in [-0.4, -0.2) is 48.7 Å². The highest BCUT2D eigenvalue weighted by Crippen LogP contribution is 2.18. The number of hydrogen-bond acceptors (Lipinski definition) is 3. The van der Waals surface area contributed by atoms with Crippen LogP contribution in [0.1, 0.15) is 40.0 Å². The maximum Gasteiger partial charge on any atom is 0.223 e. The fraction of sp³-hybridized carbons (Fsp3) is 0.812. The van der Waals surface area contributed by atoms with Crippen molar-refractivity contribution in [1.82, 2.24) is 10.2 Å². The van der Waals surface area contributed by atoms with E-state index in [9.17, 15) is 4.79 Å². The van der Waals surface area contributed by atoms with E-state index < -0.39 is 0 Å². The van der Waals surface area contributed by atoms with E-state index in [1.54, 1.807) is 0 Å². The third-order valence-corrected chi connectivity index (χ3v) is 4.28. The molecule has 0 aromatic carbocycles. The van der Waals surface area contributed by atoms with Crippen molar-refractivity contribution >= 4 is 5.91 Å². The van der Waals surface area contributed by atoms with E-state index >= 15 is 0 Å². The third-order valence-electron chi connectivity index (χ3n) is 4.28. The molecule has 114 valence electrons. The SMILES string of the molecule is C[C@@H]1CN([C@H](C)CNC(=O)[C@H]2CC=CCC2)C[C@H](C)O1. The van der Waals surface area contributed by atoms with Crippen LogP contribution in [0.5, 0.6) is 0 Å². The van der Waals surface area contributed by atoms with Crippen LogP contribution in [-0.2, 0) is 9.53 Å². The van der Waals surface area contributed by atoms with Crippen LogP contribution in [0, 0.1) is 5.92 Å². The second kappa shape index (κ2) is 7.23. The molecule has 2 aliphatic rings. The number of nitrogens with zero attached hydrogens (tertiary/aromatic N) is 1. The minimum atomic E-state index is 0.176. The summed E-state index contributed by atoms with van der Waals surface area (Å²) in [7, 11) is 0. The fourth-order valence-corrected chi connectivity index (χ4v) is 3.13. The van der Waals surface area contributed by atoms with Crippen LogP contribution in [0.15, 0.2) is 12.2 Å². The van der Waals surface area contributed by atoms with Gasteiger partial charge in [0, 0.05) is 31.6 Å². The van der Waals surface area contributed by atoms with Crippen molar-refractivity contribution in [2.45, 2.75) is 58.3 Å². The zero-order valence-electron chi connectivity index (χ0n) is 13.0. The molecule has 20 heavy (non-hydrogen) atoms. The van der Waals surface area contributed by atoms with Gasteiger partial charge in [0.2, 0.25) is 5.91 Å². The van der Waals surface area contributed by atoms with Crippen LogP contribution in [0.4, 0.5) is 0 Å². The molecular weight excluding hydrogens is 252 g/mol. The first kappa shape index (κ1) is 15.5. The molecule has 0 aromatic rings. The minimum Gasteiger partial charge on any atom is -0.373 e. The van der Waals surface area contributed by atoms with Gasteiger partial charge in [0.25, 0.3) is 0 Å². The Balaban J connectivity index is 1.75. The van der Waals surface area contributed by atoms with Gasteiger partial charge in [-0.2, -0.15) is 0 Å². The molecule has 4 heteroatoms. The topological polar surface area (TPSA) is 41.6 Å². The number of carbonyl (C=O) groups excluding carboxylic acids is 1. The van der Waals surface area contributed by atoms with Gasteiger partial charge < -0.3 is 10.1 Å². The van der Waals surface area contributed by atoms with Crippen LogP contribution in [0.3, 0.4) is 0 Å². The van der Waals surface area contributed by atoms with Crippen LogP contribution in [0.2, 0.25) is 0 Å². The first-order valence-electron chi connectivity index (χ1n) is 7.88. The molecule has 0 bridgehead atoms. The molecule has 0 radical (unpaired) electrons. The summed E-state index contributed by atoms with van der Waals surface area (Å²) < 4.78 is 5.75. The molecule has 1 aliphatic carbocycles.